The summed E-state index contributed by atoms with van der Waals surface area (Å²) in [5.74, 6) is 0.0259. The third kappa shape index (κ3) is 5.35. The van der Waals surface area contributed by atoms with E-state index in [1.54, 1.807) is 41.5 Å². The van der Waals surface area contributed by atoms with Crippen molar-refractivity contribution in [3.05, 3.63) is 83.2 Å². The van der Waals surface area contributed by atoms with E-state index in [2.05, 4.69) is 4.99 Å². The number of carbonyl (C=O) groups is 2. The molecule has 0 N–H and O–H groups in total. The Kier molecular flexibility index (Phi) is 7.87. The summed E-state index contributed by atoms with van der Waals surface area (Å²) in [4.78, 5) is 46.5. The molecule has 11 heteroatoms. The number of rotatable bonds is 7. The number of carbonyl (C=O) groups excluding carboxylic acids is 2. The molecule has 2 aromatic heterocycles. The van der Waals surface area contributed by atoms with Gasteiger partial charge in [0.15, 0.2) is 11.4 Å². The Hall–Kier alpha value is -3.54. The summed E-state index contributed by atoms with van der Waals surface area (Å²) >= 11 is 2.76. The number of fused-ring (bicyclic) bond motifs is 1. The standard InChI is InChI=1S/C27H27N3O6S2/c1-3-35-26(33)23-17(2)28-27-30(24(23)20-5-4-14-37-20)25(32)21(38-27)15-18-6-8-19(9-7-18)36-16-22(31)29-10-12-34-13-11-29/h4-9,14-15,24H,3,10-13,16H2,1-2H3/b21-15+/t24-/m0/s1. The Morgan fingerprint density at radius 1 is 1.18 bits per heavy atom. The van der Waals surface area contributed by atoms with Crippen molar-refractivity contribution in [2.24, 2.45) is 4.99 Å². The van der Waals surface area contributed by atoms with Crippen molar-refractivity contribution in [1.82, 2.24) is 9.47 Å². The van der Waals surface area contributed by atoms with Crippen LogP contribution in [0.3, 0.4) is 0 Å². The zero-order valence-corrected chi connectivity index (χ0v) is 22.7. The van der Waals surface area contributed by atoms with E-state index >= 15 is 0 Å². The Balaban J connectivity index is 1.40. The third-order valence-electron chi connectivity index (χ3n) is 6.23. The summed E-state index contributed by atoms with van der Waals surface area (Å²) < 4.78 is 18.3. The molecule has 0 bridgehead atoms. The smallest absolute Gasteiger partial charge is 0.338 e. The van der Waals surface area contributed by atoms with Gasteiger partial charge in [0, 0.05) is 18.0 Å². The highest BCUT2D eigenvalue weighted by Gasteiger charge is 2.33. The van der Waals surface area contributed by atoms with Gasteiger partial charge in [-0.05, 0) is 49.1 Å². The van der Waals surface area contributed by atoms with Gasteiger partial charge in [-0.3, -0.25) is 14.2 Å². The second-order valence-electron chi connectivity index (χ2n) is 8.67. The molecule has 2 aliphatic rings. The van der Waals surface area contributed by atoms with Crippen LogP contribution in [0.25, 0.3) is 6.08 Å². The predicted molar refractivity (Wildman–Crippen MR) is 144 cm³/mol. The van der Waals surface area contributed by atoms with Gasteiger partial charge in [-0.25, -0.2) is 9.79 Å². The fourth-order valence-electron chi connectivity index (χ4n) is 4.37. The maximum absolute atomic E-state index is 13.6. The highest BCUT2D eigenvalue weighted by atomic mass is 32.1. The third-order valence-corrected chi connectivity index (χ3v) is 8.14. The highest BCUT2D eigenvalue weighted by molar-refractivity contribution is 7.10. The number of thiazole rings is 1. The van der Waals surface area contributed by atoms with E-state index in [1.165, 1.54) is 22.7 Å². The van der Waals surface area contributed by atoms with Crippen LogP contribution in [-0.4, -0.2) is 60.9 Å². The molecule has 1 amide bonds. The fourth-order valence-corrected chi connectivity index (χ4v) is 6.24. The van der Waals surface area contributed by atoms with Crippen molar-refractivity contribution in [3.63, 3.8) is 0 Å². The van der Waals surface area contributed by atoms with Crippen LogP contribution in [0.4, 0.5) is 0 Å². The molecule has 1 aromatic carbocycles. The summed E-state index contributed by atoms with van der Waals surface area (Å²) in [6.45, 7) is 5.96. The van der Waals surface area contributed by atoms with E-state index < -0.39 is 12.0 Å². The second kappa shape index (κ2) is 11.5. The molecule has 4 heterocycles. The fraction of sp³-hybridized carbons (Fsp3) is 0.333. The number of nitrogens with zero attached hydrogens (tertiary/aromatic N) is 3. The zero-order chi connectivity index (χ0) is 26.6. The SMILES string of the molecule is CCOC(=O)C1=C(C)N=c2s/c(=C/c3ccc(OCC(=O)N4CCOCC4)cc3)c(=O)n2[C@H]1c1cccs1. The van der Waals surface area contributed by atoms with Crippen molar-refractivity contribution >= 4 is 40.6 Å². The normalized spacial score (nSPS) is 17.7. The molecule has 1 atom stereocenters. The molecule has 0 radical (unpaired) electrons. The van der Waals surface area contributed by atoms with Crippen LogP contribution in [0.2, 0.25) is 0 Å². The van der Waals surface area contributed by atoms with Gasteiger partial charge < -0.3 is 19.1 Å². The lowest BCUT2D eigenvalue weighted by Gasteiger charge is -2.26. The van der Waals surface area contributed by atoms with Crippen LogP contribution in [0.1, 0.15) is 30.3 Å². The molecule has 0 spiro atoms. The lowest BCUT2D eigenvalue weighted by Crippen LogP contribution is -2.42. The van der Waals surface area contributed by atoms with Gasteiger partial charge in [-0.2, -0.15) is 0 Å². The molecule has 5 rings (SSSR count). The number of allylic oxidation sites excluding steroid dienone is 1. The monoisotopic (exact) mass is 553 g/mol. The quantitative estimate of drug-likeness (QED) is 0.416. The first-order valence-electron chi connectivity index (χ1n) is 12.3. The van der Waals surface area contributed by atoms with Gasteiger partial charge in [-0.1, -0.05) is 29.5 Å². The number of hydrogen-bond acceptors (Lipinski definition) is 9. The van der Waals surface area contributed by atoms with Crippen LogP contribution < -0.4 is 19.6 Å². The lowest BCUT2D eigenvalue weighted by atomic mass is 10.0. The first-order chi connectivity index (χ1) is 18.5. The molecule has 38 heavy (non-hydrogen) atoms. The van der Waals surface area contributed by atoms with Crippen LogP contribution >= 0.6 is 22.7 Å². The summed E-state index contributed by atoms with van der Waals surface area (Å²) in [6.07, 6.45) is 1.79. The largest absolute Gasteiger partial charge is 0.484 e. The molecule has 0 unspecified atom stereocenters. The first-order valence-corrected chi connectivity index (χ1v) is 14.0. The Labute approximate surface area is 226 Å². The number of esters is 1. The summed E-state index contributed by atoms with van der Waals surface area (Å²) in [6, 6.07) is 10.4. The van der Waals surface area contributed by atoms with Crippen LogP contribution in [0.15, 0.2) is 62.8 Å². The first kappa shape index (κ1) is 26.1. The highest BCUT2D eigenvalue weighted by Crippen LogP contribution is 2.33. The van der Waals surface area contributed by atoms with Crippen LogP contribution in [0.5, 0.6) is 5.75 Å². The van der Waals surface area contributed by atoms with Gasteiger partial charge in [0.05, 0.1) is 35.6 Å². The van der Waals surface area contributed by atoms with E-state index in [9.17, 15) is 14.4 Å². The molecule has 1 saturated heterocycles. The van der Waals surface area contributed by atoms with Gasteiger partial charge >= 0.3 is 5.97 Å². The van der Waals surface area contributed by atoms with E-state index in [0.29, 0.717) is 52.7 Å². The number of morpholine rings is 1. The summed E-state index contributed by atoms with van der Waals surface area (Å²) in [5, 5.41) is 1.92. The maximum atomic E-state index is 13.6. The number of benzene rings is 1. The second-order valence-corrected chi connectivity index (χ2v) is 10.7. The van der Waals surface area contributed by atoms with E-state index in [0.717, 1.165) is 10.4 Å². The van der Waals surface area contributed by atoms with E-state index in [4.69, 9.17) is 14.2 Å². The number of aromatic nitrogens is 1. The predicted octanol–water partition coefficient (Wildman–Crippen LogP) is 2.10. The molecule has 2 aliphatic heterocycles. The molecular weight excluding hydrogens is 526 g/mol. The molecular formula is C27H27N3O6S2. The summed E-state index contributed by atoms with van der Waals surface area (Å²) in [7, 11) is 0. The molecule has 0 saturated carbocycles. The van der Waals surface area contributed by atoms with Gasteiger partial charge in [-0.15, -0.1) is 11.3 Å². The molecule has 198 valence electrons. The number of thiophene rings is 1. The number of hydrogen-bond donors (Lipinski definition) is 0. The minimum atomic E-state index is -0.591. The Bertz CT molecular complexity index is 1530. The lowest BCUT2D eigenvalue weighted by molar-refractivity contribution is -0.139. The zero-order valence-electron chi connectivity index (χ0n) is 21.0. The average molecular weight is 554 g/mol. The number of amides is 1. The van der Waals surface area contributed by atoms with Gasteiger partial charge in [0.2, 0.25) is 0 Å². The number of ether oxygens (including phenoxy) is 3. The van der Waals surface area contributed by atoms with Crippen LogP contribution in [0, 0.1) is 0 Å². The van der Waals surface area contributed by atoms with Crippen molar-refractivity contribution in [3.8, 4) is 5.75 Å². The minimum absolute atomic E-state index is 0.0389. The Morgan fingerprint density at radius 2 is 1.95 bits per heavy atom. The summed E-state index contributed by atoms with van der Waals surface area (Å²) in [5.41, 5.74) is 1.50. The molecule has 1 fully saturated rings. The van der Waals surface area contributed by atoms with E-state index in [-0.39, 0.29) is 24.7 Å². The van der Waals surface area contributed by atoms with Crippen molar-refractivity contribution in [1.29, 1.82) is 0 Å². The van der Waals surface area contributed by atoms with Crippen LogP contribution in [-0.2, 0) is 19.1 Å². The topological polar surface area (TPSA) is 99.4 Å². The van der Waals surface area contributed by atoms with Crippen molar-refractivity contribution in [2.75, 3.05) is 39.5 Å². The molecule has 0 aliphatic carbocycles. The molecule has 9 nitrogen and oxygen atoms in total. The van der Waals surface area contributed by atoms with Gasteiger partial charge in [0.1, 0.15) is 11.8 Å². The Morgan fingerprint density at radius 3 is 2.63 bits per heavy atom. The minimum Gasteiger partial charge on any atom is -0.484 e. The van der Waals surface area contributed by atoms with Crippen molar-refractivity contribution in [2.45, 2.75) is 19.9 Å². The maximum Gasteiger partial charge on any atom is 0.338 e. The van der Waals surface area contributed by atoms with E-state index in [1.807, 2.05) is 29.6 Å². The molecule has 3 aromatic rings. The van der Waals surface area contributed by atoms with Gasteiger partial charge in [0.25, 0.3) is 11.5 Å². The average Bonchev–Trinajstić information content (AvgIpc) is 3.56. The van der Waals surface area contributed by atoms with Crippen molar-refractivity contribution < 1.29 is 23.8 Å².